The fourth-order valence-corrected chi connectivity index (χ4v) is 2.80. The molecule has 0 aliphatic rings. The van der Waals surface area contributed by atoms with Crippen molar-refractivity contribution >= 4 is 17.6 Å². The summed E-state index contributed by atoms with van der Waals surface area (Å²) in [5.74, 6) is 0.276. The number of nitro groups is 1. The number of amides is 1. The number of rotatable bonds is 6. The molecule has 0 unspecified atom stereocenters. The molecule has 3 aromatic rings. The normalized spacial score (nSPS) is 10.9. The van der Waals surface area contributed by atoms with Crippen LogP contribution >= 0.6 is 0 Å². The molecule has 8 heteroatoms. The minimum absolute atomic E-state index is 0.0512. The van der Waals surface area contributed by atoms with Crippen LogP contribution in [-0.2, 0) is 6.42 Å². The Morgan fingerprint density at radius 1 is 1.18 bits per heavy atom. The molecule has 0 atom stereocenters. The molecule has 1 heterocycles. The average Bonchev–Trinajstić information content (AvgIpc) is 3.08. The summed E-state index contributed by atoms with van der Waals surface area (Å²) in [6, 6.07) is 12.4. The Hall–Kier alpha value is -3.55. The summed E-state index contributed by atoms with van der Waals surface area (Å²) in [5, 5.41) is 21.3. The number of anilines is 1. The van der Waals surface area contributed by atoms with Crippen LogP contribution < -0.4 is 5.32 Å². The van der Waals surface area contributed by atoms with Crippen molar-refractivity contribution in [3.8, 4) is 0 Å². The second kappa shape index (κ2) is 7.99. The highest BCUT2D eigenvalue weighted by molar-refractivity contribution is 6.04. The summed E-state index contributed by atoms with van der Waals surface area (Å²) in [6.45, 7) is 5.78. The molecule has 1 aromatic heterocycles. The number of benzene rings is 2. The van der Waals surface area contributed by atoms with Crippen molar-refractivity contribution in [2.24, 2.45) is 0 Å². The van der Waals surface area contributed by atoms with E-state index < -0.39 is 10.8 Å². The Morgan fingerprint density at radius 2 is 1.89 bits per heavy atom. The summed E-state index contributed by atoms with van der Waals surface area (Å²) in [5.41, 5.74) is 2.59. The third-order valence-corrected chi connectivity index (χ3v) is 4.44. The van der Waals surface area contributed by atoms with Crippen LogP contribution in [0.25, 0.3) is 0 Å². The van der Waals surface area contributed by atoms with Crippen LogP contribution in [0.3, 0.4) is 0 Å². The molecule has 0 radical (unpaired) electrons. The van der Waals surface area contributed by atoms with Crippen LogP contribution in [0.1, 0.15) is 52.7 Å². The van der Waals surface area contributed by atoms with Gasteiger partial charge in [-0.2, -0.15) is 0 Å². The zero-order valence-corrected chi connectivity index (χ0v) is 15.8. The molecule has 0 aliphatic carbocycles. The Kier molecular flexibility index (Phi) is 5.49. The number of aromatic nitrogens is 2. The standard InChI is InChI=1S/C20H20N4O4/c1-12(2)15-9-7-14(8-10-15)11-18-22-23-20(28-18)21-19(25)16-5-4-6-17(13(16)3)24(26)27/h4-10,12H,11H2,1-3H3,(H,21,23,25). The number of nitro benzene ring substituents is 1. The summed E-state index contributed by atoms with van der Waals surface area (Å²) in [4.78, 5) is 22.9. The third kappa shape index (κ3) is 4.22. The summed E-state index contributed by atoms with van der Waals surface area (Å²) < 4.78 is 5.49. The lowest BCUT2D eigenvalue weighted by Crippen LogP contribution is -2.14. The Bertz CT molecular complexity index is 1010. The number of hydrogen-bond donors (Lipinski definition) is 1. The predicted octanol–water partition coefficient (Wildman–Crippen LogP) is 4.25. The molecule has 8 nitrogen and oxygen atoms in total. The van der Waals surface area contributed by atoms with E-state index >= 15 is 0 Å². The molecule has 144 valence electrons. The van der Waals surface area contributed by atoms with Crippen LogP contribution in [-0.4, -0.2) is 21.0 Å². The highest BCUT2D eigenvalue weighted by Crippen LogP contribution is 2.22. The highest BCUT2D eigenvalue weighted by Gasteiger charge is 2.19. The predicted molar refractivity (Wildman–Crippen MR) is 103 cm³/mol. The summed E-state index contributed by atoms with van der Waals surface area (Å²) in [7, 11) is 0. The Balaban J connectivity index is 1.70. The topological polar surface area (TPSA) is 111 Å². The van der Waals surface area contributed by atoms with E-state index in [0.29, 0.717) is 18.2 Å². The first kappa shape index (κ1) is 19.2. The van der Waals surface area contributed by atoms with Gasteiger partial charge in [0.25, 0.3) is 11.6 Å². The van der Waals surface area contributed by atoms with Crippen LogP contribution in [0.2, 0.25) is 0 Å². The third-order valence-electron chi connectivity index (χ3n) is 4.44. The first-order valence-corrected chi connectivity index (χ1v) is 8.81. The van der Waals surface area contributed by atoms with Gasteiger partial charge in [-0.1, -0.05) is 49.3 Å². The zero-order valence-electron chi connectivity index (χ0n) is 15.8. The van der Waals surface area contributed by atoms with Gasteiger partial charge in [0.1, 0.15) is 0 Å². The quantitative estimate of drug-likeness (QED) is 0.505. The van der Waals surface area contributed by atoms with Crippen molar-refractivity contribution in [1.29, 1.82) is 0 Å². The fourth-order valence-electron chi connectivity index (χ4n) is 2.80. The molecule has 0 saturated heterocycles. The van der Waals surface area contributed by atoms with Crippen LogP contribution in [0, 0.1) is 17.0 Å². The lowest BCUT2D eigenvalue weighted by molar-refractivity contribution is -0.385. The lowest BCUT2D eigenvalue weighted by atomic mass is 10.0. The van der Waals surface area contributed by atoms with Crippen molar-refractivity contribution in [3.05, 3.63) is 80.7 Å². The van der Waals surface area contributed by atoms with Gasteiger partial charge < -0.3 is 4.42 Å². The van der Waals surface area contributed by atoms with Crippen LogP contribution in [0.4, 0.5) is 11.7 Å². The summed E-state index contributed by atoms with van der Waals surface area (Å²) >= 11 is 0. The van der Waals surface area contributed by atoms with E-state index in [9.17, 15) is 14.9 Å². The number of carbonyl (C=O) groups excluding carboxylic acids is 1. The van der Waals surface area contributed by atoms with Gasteiger partial charge in [0.2, 0.25) is 5.89 Å². The molecule has 2 aromatic carbocycles. The van der Waals surface area contributed by atoms with Gasteiger partial charge in [-0.25, -0.2) is 0 Å². The molecule has 3 rings (SSSR count). The van der Waals surface area contributed by atoms with Gasteiger partial charge in [0.05, 0.1) is 11.3 Å². The van der Waals surface area contributed by atoms with Crippen molar-refractivity contribution in [2.75, 3.05) is 5.32 Å². The van der Waals surface area contributed by atoms with E-state index in [1.165, 1.54) is 30.7 Å². The molecular weight excluding hydrogens is 360 g/mol. The van der Waals surface area contributed by atoms with E-state index in [1.54, 1.807) is 0 Å². The largest absolute Gasteiger partial charge is 0.407 e. The molecule has 0 spiro atoms. The van der Waals surface area contributed by atoms with Gasteiger partial charge in [-0.15, -0.1) is 5.10 Å². The van der Waals surface area contributed by atoms with Crippen LogP contribution in [0.5, 0.6) is 0 Å². The average molecular weight is 380 g/mol. The SMILES string of the molecule is Cc1c(C(=O)Nc2nnc(Cc3ccc(C(C)C)cc3)o2)cccc1[N+](=O)[O-]. The molecule has 1 amide bonds. The van der Waals surface area contributed by atoms with Gasteiger partial charge in [0, 0.05) is 17.2 Å². The monoisotopic (exact) mass is 380 g/mol. The second-order valence-corrected chi connectivity index (χ2v) is 6.73. The van der Waals surface area contributed by atoms with Gasteiger partial charge >= 0.3 is 6.01 Å². The molecule has 0 aliphatic heterocycles. The summed E-state index contributed by atoms with van der Waals surface area (Å²) in [6.07, 6.45) is 0.442. The molecule has 1 N–H and O–H groups in total. The van der Waals surface area contributed by atoms with Gasteiger partial charge in [-0.3, -0.25) is 20.2 Å². The second-order valence-electron chi connectivity index (χ2n) is 6.73. The van der Waals surface area contributed by atoms with E-state index in [1.807, 2.05) is 12.1 Å². The van der Waals surface area contributed by atoms with E-state index in [4.69, 9.17) is 4.42 Å². The van der Waals surface area contributed by atoms with E-state index in [-0.39, 0.29) is 22.8 Å². The zero-order chi connectivity index (χ0) is 20.3. The molecule has 0 fully saturated rings. The van der Waals surface area contributed by atoms with Crippen molar-refractivity contribution < 1.29 is 14.1 Å². The number of nitrogens with one attached hydrogen (secondary N) is 1. The minimum Gasteiger partial charge on any atom is -0.407 e. The van der Waals surface area contributed by atoms with Gasteiger partial charge in [-0.05, 0) is 30.0 Å². The highest BCUT2D eigenvalue weighted by atomic mass is 16.6. The fraction of sp³-hybridized carbons (Fsp3) is 0.250. The maximum atomic E-state index is 12.4. The lowest BCUT2D eigenvalue weighted by Gasteiger charge is -2.05. The molecule has 28 heavy (non-hydrogen) atoms. The Labute approximate surface area is 161 Å². The minimum atomic E-state index is -0.544. The van der Waals surface area contributed by atoms with E-state index in [0.717, 1.165) is 5.56 Å². The first-order valence-electron chi connectivity index (χ1n) is 8.81. The number of hydrogen-bond acceptors (Lipinski definition) is 6. The molecule has 0 saturated carbocycles. The maximum absolute atomic E-state index is 12.4. The maximum Gasteiger partial charge on any atom is 0.322 e. The van der Waals surface area contributed by atoms with Crippen LogP contribution in [0.15, 0.2) is 46.9 Å². The van der Waals surface area contributed by atoms with Crippen molar-refractivity contribution in [3.63, 3.8) is 0 Å². The molecular formula is C20H20N4O4. The Morgan fingerprint density at radius 3 is 2.54 bits per heavy atom. The van der Waals surface area contributed by atoms with Crippen molar-refractivity contribution in [2.45, 2.75) is 33.1 Å². The smallest absolute Gasteiger partial charge is 0.322 e. The number of carbonyl (C=O) groups is 1. The number of nitrogens with zero attached hydrogens (tertiary/aromatic N) is 3. The van der Waals surface area contributed by atoms with E-state index in [2.05, 4.69) is 41.5 Å². The molecule has 0 bridgehead atoms. The first-order chi connectivity index (χ1) is 13.3. The van der Waals surface area contributed by atoms with Crippen molar-refractivity contribution in [1.82, 2.24) is 10.2 Å². The van der Waals surface area contributed by atoms with Gasteiger partial charge in [0.15, 0.2) is 0 Å².